The molecule has 0 atom stereocenters. The Morgan fingerprint density at radius 1 is 1.17 bits per heavy atom. The third kappa shape index (κ3) is 2.64. The molecule has 0 amide bonds. The number of pyridine rings is 1. The lowest BCUT2D eigenvalue weighted by Crippen LogP contribution is -2.10. The molecule has 3 rings (SSSR count). The van der Waals surface area contributed by atoms with Crippen molar-refractivity contribution < 1.29 is 5.11 Å². The Bertz CT molecular complexity index is 858. The number of hydrogen-bond acceptors (Lipinski definition) is 4. The van der Waals surface area contributed by atoms with Gasteiger partial charge in [0.25, 0.3) is 0 Å². The van der Waals surface area contributed by atoms with E-state index in [4.69, 9.17) is 0 Å². The lowest BCUT2D eigenvalue weighted by molar-refractivity contribution is 0.282. The van der Waals surface area contributed by atoms with E-state index in [0.717, 1.165) is 5.56 Å². The van der Waals surface area contributed by atoms with Gasteiger partial charge in [0, 0.05) is 17.3 Å². The van der Waals surface area contributed by atoms with Crippen molar-refractivity contribution in [3.8, 4) is 11.3 Å². The maximum Gasteiger partial charge on any atom is 0.209 e. The zero-order valence-electron chi connectivity index (χ0n) is 13.4. The van der Waals surface area contributed by atoms with Crippen LogP contribution >= 0.6 is 0 Å². The zero-order chi connectivity index (χ0) is 16.6. The predicted molar refractivity (Wildman–Crippen MR) is 90.7 cm³/mol. The molecule has 2 heterocycles. The summed E-state index contributed by atoms with van der Waals surface area (Å²) < 4.78 is 1.62. The fraction of sp³-hybridized carbons (Fsp3) is 0.278. The van der Waals surface area contributed by atoms with Crippen LogP contribution in [-0.4, -0.2) is 14.5 Å². The average molecular weight is 309 g/mol. The van der Waals surface area contributed by atoms with Crippen molar-refractivity contribution in [2.45, 2.75) is 32.8 Å². The molecule has 1 N–H and O–H groups in total. The molecule has 0 spiro atoms. The second kappa shape index (κ2) is 5.59. The van der Waals surface area contributed by atoms with Gasteiger partial charge in [-0.2, -0.15) is 0 Å². The van der Waals surface area contributed by atoms with Crippen molar-refractivity contribution in [3.05, 3.63) is 58.6 Å². The van der Waals surface area contributed by atoms with Crippen LogP contribution in [-0.2, 0) is 12.0 Å². The normalized spacial score (nSPS) is 11.8. The molecule has 0 bridgehead atoms. The van der Waals surface area contributed by atoms with E-state index < -0.39 is 0 Å². The number of benzene rings is 1. The third-order valence-electron chi connectivity index (χ3n) is 3.99. The molecule has 0 radical (unpaired) electrons. The quantitative estimate of drug-likeness (QED) is 0.738. The van der Waals surface area contributed by atoms with Crippen LogP contribution in [0.5, 0.6) is 0 Å². The molecule has 0 fully saturated rings. The van der Waals surface area contributed by atoms with E-state index in [1.165, 1.54) is 5.56 Å². The third-order valence-corrected chi connectivity index (χ3v) is 3.99. The van der Waals surface area contributed by atoms with Crippen LogP contribution < -0.4 is 0 Å². The Hall–Kier alpha value is -2.53. The highest BCUT2D eigenvalue weighted by molar-refractivity contribution is 5.75. The monoisotopic (exact) mass is 309 g/mol. The molecule has 1 aromatic carbocycles. The first-order chi connectivity index (χ1) is 11.0. The molecule has 5 nitrogen and oxygen atoms in total. The number of hydrogen-bond donors (Lipinski definition) is 1. The highest BCUT2D eigenvalue weighted by Crippen LogP contribution is 2.33. The minimum Gasteiger partial charge on any atom is -0.392 e. The highest BCUT2D eigenvalue weighted by Gasteiger charge is 2.18. The summed E-state index contributed by atoms with van der Waals surface area (Å²) in [6.45, 7) is 6.32. The van der Waals surface area contributed by atoms with Gasteiger partial charge in [0.15, 0.2) is 0 Å². The first-order valence-electron chi connectivity index (χ1n) is 7.51. The summed E-state index contributed by atoms with van der Waals surface area (Å²) in [4.78, 5) is 15.9. The van der Waals surface area contributed by atoms with Gasteiger partial charge in [-0.3, -0.25) is 4.40 Å². The predicted octanol–water partition coefficient (Wildman–Crippen LogP) is 4.19. The van der Waals surface area contributed by atoms with Crippen molar-refractivity contribution in [2.75, 3.05) is 0 Å². The SMILES string of the molecule is CC(C)(C)c1ccc(-c2nc3c(CO)cccn3c2N=O)cc1. The molecule has 0 unspecified atom stereocenters. The number of fused-ring (bicyclic) bond motifs is 1. The number of aromatic nitrogens is 2. The summed E-state index contributed by atoms with van der Waals surface area (Å²) in [5.74, 6) is 0.249. The van der Waals surface area contributed by atoms with Crippen LogP contribution in [0.3, 0.4) is 0 Å². The first-order valence-corrected chi connectivity index (χ1v) is 7.51. The van der Waals surface area contributed by atoms with Gasteiger partial charge >= 0.3 is 0 Å². The minimum atomic E-state index is -0.137. The summed E-state index contributed by atoms with van der Waals surface area (Å²) in [7, 11) is 0. The molecule has 0 saturated heterocycles. The van der Waals surface area contributed by atoms with Gasteiger partial charge in [0.05, 0.1) is 6.61 Å². The fourth-order valence-corrected chi connectivity index (χ4v) is 2.64. The number of imidazole rings is 1. The van der Waals surface area contributed by atoms with E-state index in [1.807, 2.05) is 24.3 Å². The van der Waals surface area contributed by atoms with E-state index in [9.17, 15) is 10.0 Å². The molecule has 3 aromatic rings. The summed E-state index contributed by atoms with van der Waals surface area (Å²) in [5.41, 5.74) is 3.85. The average Bonchev–Trinajstić information content (AvgIpc) is 2.92. The molecule has 2 aromatic heterocycles. The van der Waals surface area contributed by atoms with Crippen LogP contribution in [0.1, 0.15) is 31.9 Å². The second-order valence-corrected chi connectivity index (χ2v) is 6.59. The molecule has 5 heteroatoms. The van der Waals surface area contributed by atoms with Crippen molar-refractivity contribution >= 4 is 11.5 Å². The first kappa shape index (κ1) is 15.4. The lowest BCUT2D eigenvalue weighted by Gasteiger charge is -2.18. The smallest absolute Gasteiger partial charge is 0.209 e. The van der Waals surface area contributed by atoms with Crippen LogP contribution in [0.2, 0.25) is 0 Å². The Morgan fingerprint density at radius 2 is 1.87 bits per heavy atom. The Labute approximate surface area is 134 Å². The standard InChI is InChI=1S/C18H19N3O2/c1-18(2,3)14-8-6-12(7-9-14)15-17(20-23)21-10-4-5-13(11-22)16(21)19-15/h4-10,22H,11H2,1-3H3. The molecule has 0 aliphatic carbocycles. The van der Waals surface area contributed by atoms with Gasteiger partial charge in [-0.25, -0.2) is 4.98 Å². The van der Waals surface area contributed by atoms with Crippen LogP contribution in [0.4, 0.5) is 5.82 Å². The fourth-order valence-electron chi connectivity index (χ4n) is 2.64. The Morgan fingerprint density at radius 3 is 2.43 bits per heavy atom. The number of nitrogens with zero attached hydrogens (tertiary/aromatic N) is 3. The second-order valence-electron chi connectivity index (χ2n) is 6.59. The number of rotatable bonds is 3. The summed E-state index contributed by atoms with van der Waals surface area (Å²) in [6, 6.07) is 11.5. The van der Waals surface area contributed by atoms with Gasteiger partial charge in [-0.15, -0.1) is 4.91 Å². The molecular weight excluding hydrogens is 290 g/mol. The molecule has 0 saturated carbocycles. The van der Waals surface area contributed by atoms with Crippen molar-refractivity contribution in [1.82, 2.24) is 9.38 Å². The maximum atomic E-state index is 11.3. The molecule has 118 valence electrons. The molecule has 23 heavy (non-hydrogen) atoms. The van der Waals surface area contributed by atoms with Crippen molar-refractivity contribution in [1.29, 1.82) is 0 Å². The summed E-state index contributed by atoms with van der Waals surface area (Å²) >= 11 is 0. The topological polar surface area (TPSA) is 67.0 Å². The van der Waals surface area contributed by atoms with Crippen LogP contribution in [0.15, 0.2) is 47.8 Å². The van der Waals surface area contributed by atoms with Crippen molar-refractivity contribution in [3.63, 3.8) is 0 Å². The van der Waals surface area contributed by atoms with E-state index in [2.05, 4.69) is 30.9 Å². The van der Waals surface area contributed by atoms with E-state index in [0.29, 0.717) is 16.9 Å². The lowest BCUT2D eigenvalue weighted by atomic mass is 9.86. The zero-order valence-corrected chi connectivity index (χ0v) is 13.4. The van der Waals surface area contributed by atoms with Gasteiger partial charge < -0.3 is 5.11 Å². The molecule has 0 aliphatic rings. The molecule has 0 aliphatic heterocycles. The Kier molecular flexibility index (Phi) is 3.74. The highest BCUT2D eigenvalue weighted by atomic mass is 16.3. The number of nitroso groups, excluding NO2 is 1. The molecular formula is C18H19N3O2. The Balaban J connectivity index is 2.18. The van der Waals surface area contributed by atoms with Crippen LogP contribution in [0.25, 0.3) is 16.9 Å². The van der Waals surface area contributed by atoms with E-state index >= 15 is 0 Å². The number of aliphatic hydroxyl groups excluding tert-OH is 1. The minimum absolute atomic E-state index is 0.0627. The largest absolute Gasteiger partial charge is 0.392 e. The van der Waals surface area contributed by atoms with Crippen molar-refractivity contribution in [2.24, 2.45) is 5.18 Å². The van der Waals surface area contributed by atoms with Gasteiger partial charge in [0.2, 0.25) is 5.82 Å². The van der Waals surface area contributed by atoms with Gasteiger partial charge in [-0.1, -0.05) is 51.1 Å². The maximum absolute atomic E-state index is 11.3. The van der Waals surface area contributed by atoms with E-state index in [1.54, 1.807) is 22.7 Å². The van der Waals surface area contributed by atoms with Gasteiger partial charge in [0.1, 0.15) is 11.3 Å². The van der Waals surface area contributed by atoms with E-state index in [-0.39, 0.29) is 17.8 Å². The van der Waals surface area contributed by atoms with Gasteiger partial charge in [-0.05, 0) is 22.2 Å². The summed E-state index contributed by atoms with van der Waals surface area (Å²) in [5, 5.41) is 12.6. The summed E-state index contributed by atoms with van der Waals surface area (Å²) in [6.07, 6.45) is 1.73. The number of aliphatic hydroxyl groups is 1. The van der Waals surface area contributed by atoms with Crippen LogP contribution in [0, 0.1) is 4.91 Å².